The third-order valence-electron chi connectivity index (χ3n) is 5.69. The van der Waals surface area contributed by atoms with E-state index >= 15 is 0 Å². The second kappa shape index (κ2) is 11.1. The highest BCUT2D eigenvalue weighted by Crippen LogP contribution is 2.21. The lowest BCUT2D eigenvalue weighted by Crippen LogP contribution is -2.41. The summed E-state index contributed by atoms with van der Waals surface area (Å²) in [6.45, 7) is 0.0154. The molecule has 0 aliphatic rings. The van der Waals surface area contributed by atoms with Gasteiger partial charge in [-0.2, -0.15) is 0 Å². The zero-order chi connectivity index (χ0) is 26.3. The van der Waals surface area contributed by atoms with Crippen LogP contribution in [0.25, 0.3) is 11.0 Å². The molecule has 0 aliphatic carbocycles. The van der Waals surface area contributed by atoms with Crippen LogP contribution < -0.4 is 10.6 Å². The van der Waals surface area contributed by atoms with Gasteiger partial charge in [0.1, 0.15) is 12.1 Å². The zero-order valence-corrected chi connectivity index (χ0v) is 20.0. The number of ether oxygens (including phenoxy) is 1. The number of fused-ring (bicyclic) bond motifs is 1. The number of hydrogen-bond acceptors (Lipinski definition) is 7. The number of pyridine rings is 1. The van der Waals surface area contributed by atoms with Crippen LogP contribution >= 0.6 is 0 Å². The minimum Gasteiger partial charge on any atom is -0.445 e. The van der Waals surface area contributed by atoms with Gasteiger partial charge in [-0.05, 0) is 42.0 Å². The molecule has 188 valence electrons. The summed E-state index contributed by atoms with van der Waals surface area (Å²) in [5.41, 5.74) is 2.75. The number of ketones is 1. The molecule has 2 N–H and O–H groups in total. The Morgan fingerprint density at radius 3 is 2.45 bits per heavy atom. The molecule has 0 saturated carbocycles. The summed E-state index contributed by atoms with van der Waals surface area (Å²) in [7, 11) is 0. The van der Waals surface area contributed by atoms with E-state index in [4.69, 9.17) is 4.74 Å². The Kier molecular flexibility index (Phi) is 7.12. The molecule has 5 rings (SSSR count). The van der Waals surface area contributed by atoms with Gasteiger partial charge in [-0.15, -0.1) is 5.10 Å². The number of alkyl carbamates (subject to hydrolysis) is 1. The molecule has 2 amide bonds. The Bertz CT molecular complexity index is 1590. The predicted molar refractivity (Wildman–Crippen MR) is 139 cm³/mol. The fourth-order valence-corrected chi connectivity index (χ4v) is 3.84. The first-order valence-electron chi connectivity index (χ1n) is 11.7. The number of amides is 2. The van der Waals surface area contributed by atoms with Crippen molar-refractivity contribution < 1.29 is 19.1 Å². The average molecular weight is 507 g/mol. The molecule has 5 aromatic rings. The van der Waals surface area contributed by atoms with Gasteiger partial charge in [-0.1, -0.05) is 59.8 Å². The maximum atomic E-state index is 13.6. The van der Waals surface area contributed by atoms with E-state index in [0.717, 1.165) is 5.56 Å². The third kappa shape index (κ3) is 5.39. The average Bonchev–Trinajstić information content (AvgIpc) is 3.39. The molecule has 2 heterocycles. The molecular formula is C28H22N6O4. The Morgan fingerprint density at radius 1 is 0.868 bits per heavy atom. The first-order chi connectivity index (χ1) is 18.6. The molecule has 38 heavy (non-hydrogen) atoms. The van der Waals surface area contributed by atoms with Gasteiger partial charge in [0.05, 0.1) is 11.2 Å². The molecule has 0 saturated heterocycles. The summed E-state index contributed by atoms with van der Waals surface area (Å²) >= 11 is 0. The van der Waals surface area contributed by atoms with Crippen molar-refractivity contribution in [1.29, 1.82) is 0 Å². The van der Waals surface area contributed by atoms with Crippen LogP contribution in [0.4, 0.5) is 10.5 Å². The number of hydrogen-bond donors (Lipinski definition) is 2. The van der Waals surface area contributed by atoms with Crippen LogP contribution in [-0.2, 0) is 16.1 Å². The van der Waals surface area contributed by atoms with Crippen molar-refractivity contribution in [2.24, 2.45) is 0 Å². The number of benzene rings is 3. The first-order valence-corrected chi connectivity index (χ1v) is 11.7. The van der Waals surface area contributed by atoms with Crippen molar-refractivity contribution in [3.8, 4) is 0 Å². The van der Waals surface area contributed by atoms with E-state index in [0.29, 0.717) is 16.6 Å². The van der Waals surface area contributed by atoms with Crippen molar-refractivity contribution in [3.63, 3.8) is 0 Å². The van der Waals surface area contributed by atoms with Crippen molar-refractivity contribution in [2.75, 3.05) is 5.32 Å². The molecule has 10 nitrogen and oxygen atoms in total. The lowest BCUT2D eigenvalue weighted by atomic mass is 10.0. The number of carbonyl (C=O) groups excluding carboxylic acids is 3. The van der Waals surface area contributed by atoms with E-state index in [1.807, 2.05) is 30.3 Å². The van der Waals surface area contributed by atoms with E-state index in [9.17, 15) is 14.4 Å². The molecular weight excluding hydrogens is 484 g/mol. The summed E-state index contributed by atoms with van der Waals surface area (Å²) in [6.07, 6.45) is 0.871. The van der Waals surface area contributed by atoms with Gasteiger partial charge >= 0.3 is 6.09 Å². The van der Waals surface area contributed by atoms with Crippen LogP contribution in [0.3, 0.4) is 0 Å². The number of para-hydroxylation sites is 2. The number of rotatable bonds is 8. The van der Waals surface area contributed by atoms with Crippen molar-refractivity contribution in [2.45, 2.75) is 12.8 Å². The van der Waals surface area contributed by atoms with Gasteiger partial charge in [0.2, 0.25) is 6.17 Å². The molecule has 10 heteroatoms. The summed E-state index contributed by atoms with van der Waals surface area (Å²) in [6, 6.07) is 26.1. The summed E-state index contributed by atoms with van der Waals surface area (Å²) in [4.78, 5) is 43.4. The maximum Gasteiger partial charge on any atom is 0.409 e. The highest BCUT2D eigenvalue weighted by Gasteiger charge is 2.28. The first kappa shape index (κ1) is 24.3. The van der Waals surface area contributed by atoms with E-state index in [1.54, 1.807) is 66.9 Å². The van der Waals surface area contributed by atoms with Gasteiger partial charge < -0.3 is 10.1 Å². The monoisotopic (exact) mass is 506 g/mol. The topological polar surface area (TPSA) is 128 Å². The molecule has 0 bridgehead atoms. The molecule has 0 aliphatic heterocycles. The standard InChI is InChI=1S/C28H22N6O4/c35-25(20-11-8-16-29-17-20)21-12-4-5-13-22(21)30-27(36)26(34-24-15-7-6-14-23(24)32-33-34)31-28(37)38-18-19-9-2-1-3-10-19/h1-17,26H,18H2,(H,30,36)(H,31,37). The molecule has 1 atom stereocenters. The van der Waals surface area contributed by atoms with Gasteiger partial charge in [-0.3, -0.25) is 19.9 Å². The second-order valence-electron chi connectivity index (χ2n) is 8.24. The lowest BCUT2D eigenvalue weighted by Gasteiger charge is -2.20. The molecule has 0 spiro atoms. The summed E-state index contributed by atoms with van der Waals surface area (Å²) in [5.74, 6) is -0.962. The van der Waals surface area contributed by atoms with E-state index in [2.05, 4.69) is 25.9 Å². The molecule has 2 aromatic heterocycles. The van der Waals surface area contributed by atoms with E-state index in [1.165, 1.54) is 10.9 Å². The largest absolute Gasteiger partial charge is 0.445 e. The highest BCUT2D eigenvalue weighted by molar-refractivity contribution is 6.14. The smallest absolute Gasteiger partial charge is 0.409 e. The van der Waals surface area contributed by atoms with Crippen LogP contribution in [0.1, 0.15) is 27.7 Å². The third-order valence-corrected chi connectivity index (χ3v) is 5.69. The Labute approximate surface area is 217 Å². The fourth-order valence-electron chi connectivity index (χ4n) is 3.84. The van der Waals surface area contributed by atoms with Crippen LogP contribution in [0.5, 0.6) is 0 Å². The normalized spacial score (nSPS) is 11.5. The summed E-state index contributed by atoms with van der Waals surface area (Å²) < 4.78 is 6.63. The van der Waals surface area contributed by atoms with Crippen molar-refractivity contribution >= 4 is 34.5 Å². The molecule has 0 radical (unpaired) electrons. The molecule has 1 unspecified atom stereocenters. The van der Waals surface area contributed by atoms with Crippen LogP contribution in [0.2, 0.25) is 0 Å². The van der Waals surface area contributed by atoms with Gasteiger partial charge in [0, 0.05) is 23.5 Å². The van der Waals surface area contributed by atoms with Crippen LogP contribution in [0.15, 0.2) is 103 Å². The Morgan fingerprint density at radius 2 is 1.63 bits per heavy atom. The summed E-state index contributed by atoms with van der Waals surface area (Å²) in [5, 5.41) is 13.5. The lowest BCUT2D eigenvalue weighted by molar-refractivity contribution is -0.120. The van der Waals surface area contributed by atoms with Gasteiger partial charge in [-0.25, -0.2) is 9.48 Å². The van der Waals surface area contributed by atoms with E-state index in [-0.39, 0.29) is 23.6 Å². The fraction of sp³-hybridized carbons (Fsp3) is 0.0714. The number of carbonyl (C=O) groups is 3. The minimum atomic E-state index is -1.33. The predicted octanol–water partition coefficient (Wildman–Crippen LogP) is 4.12. The van der Waals surface area contributed by atoms with Crippen molar-refractivity contribution in [1.82, 2.24) is 25.3 Å². The Hall–Kier alpha value is -5.38. The van der Waals surface area contributed by atoms with Gasteiger partial charge in [0.25, 0.3) is 5.91 Å². The van der Waals surface area contributed by atoms with Gasteiger partial charge in [0.15, 0.2) is 5.78 Å². The van der Waals surface area contributed by atoms with Crippen LogP contribution in [0, 0.1) is 0 Å². The SMILES string of the molecule is O=C(NC(C(=O)Nc1ccccc1C(=O)c1cccnc1)n1nnc2ccccc21)OCc1ccccc1. The second-order valence-corrected chi connectivity index (χ2v) is 8.24. The van der Waals surface area contributed by atoms with E-state index < -0.39 is 18.2 Å². The minimum absolute atomic E-state index is 0.0154. The molecule has 3 aromatic carbocycles. The number of nitrogens with one attached hydrogen (secondary N) is 2. The molecule has 0 fully saturated rings. The number of aromatic nitrogens is 4. The maximum absolute atomic E-state index is 13.6. The van der Waals surface area contributed by atoms with Crippen LogP contribution in [-0.4, -0.2) is 37.8 Å². The number of anilines is 1. The van der Waals surface area contributed by atoms with Crippen molar-refractivity contribution in [3.05, 3.63) is 120 Å². The quantitative estimate of drug-likeness (QED) is 0.303. The zero-order valence-electron chi connectivity index (χ0n) is 20.0. The highest BCUT2D eigenvalue weighted by atomic mass is 16.5. The Balaban J connectivity index is 1.41. The number of nitrogens with zero attached hydrogens (tertiary/aromatic N) is 4.